The van der Waals surface area contributed by atoms with Gasteiger partial charge in [-0.1, -0.05) is 13.8 Å². The Bertz CT molecular complexity index is 340. The summed E-state index contributed by atoms with van der Waals surface area (Å²) in [5.41, 5.74) is 9.71. The summed E-state index contributed by atoms with van der Waals surface area (Å²) in [6.45, 7) is 4.31. The molecule has 0 aliphatic heterocycles. The zero-order valence-corrected chi connectivity index (χ0v) is 10.8. The fourth-order valence-corrected chi connectivity index (χ4v) is 2.67. The van der Waals surface area contributed by atoms with Crippen molar-refractivity contribution in [1.29, 1.82) is 0 Å². The van der Waals surface area contributed by atoms with E-state index in [1.165, 1.54) is 0 Å². The highest BCUT2D eigenvalue weighted by Gasteiger charge is 2.61. The molecule has 1 saturated carbocycles. The first kappa shape index (κ1) is 14.9. The van der Waals surface area contributed by atoms with Gasteiger partial charge >= 0.3 is 11.9 Å². The van der Waals surface area contributed by atoms with Crippen LogP contribution in [-0.4, -0.2) is 34.7 Å². The van der Waals surface area contributed by atoms with Crippen LogP contribution in [0.5, 0.6) is 0 Å². The summed E-state index contributed by atoms with van der Waals surface area (Å²) in [7, 11) is 0. The van der Waals surface area contributed by atoms with E-state index in [4.69, 9.17) is 21.7 Å². The standard InChI is InChI=1S/C12H22N2O4/c1-11(2,6-13)5-8(14)7-3-4-12(7,9(15)16)10(17)18/h7-8H,3-6,13-14H2,1-2H3,(H,15,16)(H,17,18). The highest BCUT2D eigenvalue weighted by molar-refractivity contribution is 5.99. The smallest absolute Gasteiger partial charge is 0.321 e. The van der Waals surface area contributed by atoms with Crippen LogP contribution in [0.1, 0.15) is 33.1 Å². The Morgan fingerprint density at radius 2 is 1.89 bits per heavy atom. The van der Waals surface area contributed by atoms with E-state index in [1.54, 1.807) is 0 Å². The van der Waals surface area contributed by atoms with Crippen LogP contribution in [0, 0.1) is 16.7 Å². The summed E-state index contributed by atoms with van der Waals surface area (Å²) in [6.07, 6.45) is 1.22. The molecule has 6 N–H and O–H groups in total. The van der Waals surface area contributed by atoms with E-state index < -0.39 is 29.3 Å². The number of rotatable bonds is 6. The van der Waals surface area contributed by atoms with Crippen LogP contribution in [0.2, 0.25) is 0 Å². The summed E-state index contributed by atoms with van der Waals surface area (Å²) in [5.74, 6) is -3.09. The van der Waals surface area contributed by atoms with Gasteiger partial charge in [0.15, 0.2) is 5.41 Å². The lowest BCUT2D eigenvalue weighted by Gasteiger charge is -2.47. The molecule has 0 aromatic rings. The summed E-state index contributed by atoms with van der Waals surface area (Å²) in [5, 5.41) is 18.3. The lowest BCUT2D eigenvalue weighted by molar-refractivity contribution is -0.180. The van der Waals surface area contributed by atoms with Crippen molar-refractivity contribution in [2.24, 2.45) is 28.2 Å². The highest BCUT2D eigenvalue weighted by Crippen LogP contribution is 2.50. The Hall–Kier alpha value is -1.14. The van der Waals surface area contributed by atoms with E-state index >= 15 is 0 Å². The second-order valence-electron chi connectivity index (χ2n) is 5.96. The number of nitrogens with two attached hydrogens (primary N) is 2. The topological polar surface area (TPSA) is 127 Å². The van der Waals surface area contributed by atoms with Crippen molar-refractivity contribution in [2.75, 3.05) is 6.54 Å². The molecule has 2 unspecified atom stereocenters. The van der Waals surface area contributed by atoms with E-state index in [2.05, 4.69) is 0 Å². The largest absolute Gasteiger partial charge is 0.480 e. The van der Waals surface area contributed by atoms with Crippen molar-refractivity contribution in [2.45, 2.75) is 39.2 Å². The number of carboxylic acid groups (broad SMARTS) is 2. The number of aliphatic carboxylic acids is 2. The summed E-state index contributed by atoms with van der Waals surface area (Å²) < 4.78 is 0. The average molecular weight is 258 g/mol. The molecule has 6 heteroatoms. The minimum absolute atomic E-state index is 0.152. The predicted octanol–water partition coefficient (Wildman–Crippen LogP) is 0.254. The molecule has 6 nitrogen and oxygen atoms in total. The van der Waals surface area contributed by atoms with Crippen LogP contribution in [-0.2, 0) is 9.59 Å². The summed E-state index contributed by atoms with van der Waals surface area (Å²) in [6, 6.07) is -0.454. The molecular weight excluding hydrogens is 236 g/mol. The molecule has 0 spiro atoms. The Kier molecular flexibility index (Phi) is 4.02. The Morgan fingerprint density at radius 1 is 1.39 bits per heavy atom. The van der Waals surface area contributed by atoms with Gasteiger partial charge in [-0.3, -0.25) is 9.59 Å². The van der Waals surface area contributed by atoms with Gasteiger partial charge in [0.1, 0.15) is 0 Å². The van der Waals surface area contributed by atoms with Gasteiger partial charge in [-0.15, -0.1) is 0 Å². The third kappa shape index (κ3) is 2.35. The Labute approximate surface area is 106 Å². The van der Waals surface area contributed by atoms with Crippen LogP contribution in [0.15, 0.2) is 0 Å². The molecule has 1 fully saturated rings. The van der Waals surface area contributed by atoms with Crippen LogP contribution in [0.3, 0.4) is 0 Å². The zero-order valence-electron chi connectivity index (χ0n) is 10.8. The van der Waals surface area contributed by atoms with Crippen LogP contribution < -0.4 is 11.5 Å². The minimum Gasteiger partial charge on any atom is -0.480 e. The van der Waals surface area contributed by atoms with Crippen LogP contribution >= 0.6 is 0 Å². The predicted molar refractivity (Wildman–Crippen MR) is 65.9 cm³/mol. The lowest BCUT2D eigenvalue weighted by atomic mass is 9.56. The summed E-state index contributed by atoms with van der Waals surface area (Å²) >= 11 is 0. The van der Waals surface area contributed by atoms with Gasteiger partial charge in [-0.05, 0) is 31.2 Å². The molecule has 0 saturated heterocycles. The molecule has 1 aliphatic rings. The molecule has 1 rings (SSSR count). The lowest BCUT2D eigenvalue weighted by Crippen LogP contribution is -2.59. The van der Waals surface area contributed by atoms with Gasteiger partial charge in [-0.25, -0.2) is 0 Å². The van der Waals surface area contributed by atoms with E-state index in [0.717, 1.165) is 0 Å². The number of carbonyl (C=O) groups is 2. The first-order valence-corrected chi connectivity index (χ1v) is 6.10. The maximum absolute atomic E-state index is 11.2. The SMILES string of the molecule is CC(C)(CN)CC(N)C1CCC1(C(=O)O)C(=O)O. The minimum atomic E-state index is -1.70. The van der Waals surface area contributed by atoms with Gasteiger partial charge in [-0.2, -0.15) is 0 Å². The number of hydrogen-bond acceptors (Lipinski definition) is 4. The maximum atomic E-state index is 11.2. The van der Waals surface area contributed by atoms with Crippen LogP contribution in [0.4, 0.5) is 0 Å². The van der Waals surface area contributed by atoms with Crippen molar-refractivity contribution < 1.29 is 19.8 Å². The number of carboxylic acids is 2. The molecule has 104 valence electrons. The molecule has 0 heterocycles. The molecule has 0 bridgehead atoms. The average Bonchev–Trinajstić information content (AvgIpc) is 2.13. The van der Waals surface area contributed by atoms with Crippen molar-refractivity contribution in [1.82, 2.24) is 0 Å². The summed E-state index contributed by atoms with van der Waals surface area (Å²) in [4.78, 5) is 22.5. The first-order valence-electron chi connectivity index (χ1n) is 6.10. The Balaban J connectivity index is 2.84. The van der Waals surface area contributed by atoms with Gasteiger partial charge < -0.3 is 21.7 Å². The molecule has 0 radical (unpaired) electrons. The fourth-order valence-electron chi connectivity index (χ4n) is 2.67. The zero-order chi connectivity index (χ0) is 14.1. The van der Waals surface area contributed by atoms with Crippen molar-refractivity contribution in [3.63, 3.8) is 0 Å². The normalized spacial score (nSPS) is 24.1. The second kappa shape index (κ2) is 4.85. The first-order chi connectivity index (χ1) is 8.17. The number of hydrogen-bond donors (Lipinski definition) is 4. The molecular formula is C12H22N2O4. The highest BCUT2D eigenvalue weighted by atomic mass is 16.4. The Morgan fingerprint density at radius 3 is 2.17 bits per heavy atom. The van der Waals surface area contributed by atoms with Gasteiger partial charge in [0.2, 0.25) is 0 Å². The molecule has 0 amide bonds. The molecule has 2 atom stereocenters. The third-order valence-corrected chi connectivity index (χ3v) is 4.10. The van der Waals surface area contributed by atoms with E-state index in [1.807, 2.05) is 13.8 Å². The molecule has 0 aromatic heterocycles. The fraction of sp³-hybridized carbons (Fsp3) is 0.833. The van der Waals surface area contributed by atoms with Crippen molar-refractivity contribution in [3.8, 4) is 0 Å². The van der Waals surface area contributed by atoms with Crippen LogP contribution in [0.25, 0.3) is 0 Å². The van der Waals surface area contributed by atoms with E-state index in [9.17, 15) is 9.59 Å². The van der Waals surface area contributed by atoms with E-state index in [-0.39, 0.29) is 11.8 Å². The van der Waals surface area contributed by atoms with Gasteiger partial charge in [0.25, 0.3) is 0 Å². The molecule has 1 aliphatic carbocycles. The van der Waals surface area contributed by atoms with E-state index in [0.29, 0.717) is 19.4 Å². The monoisotopic (exact) mass is 258 g/mol. The van der Waals surface area contributed by atoms with Crippen molar-refractivity contribution >= 4 is 11.9 Å². The third-order valence-electron chi connectivity index (χ3n) is 4.10. The molecule has 18 heavy (non-hydrogen) atoms. The van der Waals surface area contributed by atoms with Crippen molar-refractivity contribution in [3.05, 3.63) is 0 Å². The van der Waals surface area contributed by atoms with Gasteiger partial charge in [0.05, 0.1) is 0 Å². The van der Waals surface area contributed by atoms with Gasteiger partial charge in [0, 0.05) is 12.0 Å². The quantitative estimate of drug-likeness (QED) is 0.506. The second-order valence-corrected chi connectivity index (χ2v) is 5.96. The molecule has 0 aromatic carbocycles. The maximum Gasteiger partial charge on any atom is 0.321 e.